The first-order chi connectivity index (χ1) is 6.66. The third-order valence-electron chi connectivity index (χ3n) is 2.73. The third-order valence-corrected chi connectivity index (χ3v) is 2.73. The van der Waals surface area contributed by atoms with Gasteiger partial charge in [0.2, 0.25) is 0 Å². The van der Waals surface area contributed by atoms with E-state index in [2.05, 4.69) is 33.0 Å². The van der Waals surface area contributed by atoms with Crippen LogP contribution in [-0.2, 0) is 0 Å². The molecule has 0 radical (unpaired) electrons. The predicted molar refractivity (Wildman–Crippen MR) is 65.7 cm³/mol. The number of nitrogens with one attached hydrogen (secondary N) is 1. The van der Waals surface area contributed by atoms with Crippen LogP contribution >= 0.6 is 0 Å². The van der Waals surface area contributed by atoms with Crippen LogP contribution in [0.5, 0.6) is 0 Å². The van der Waals surface area contributed by atoms with Crippen LogP contribution in [-0.4, -0.2) is 12.6 Å². The fourth-order valence-electron chi connectivity index (χ4n) is 1.71. The average molecular weight is 199 g/mol. The summed E-state index contributed by atoms with van der Waals surface area (Å²) in [5, 5.41) is 3.46. The zero-order valence-electron chi connectivity index (χ0n) is 10.6. The summed E-state index contributed by atoms with van der Waals surface area (Å²) in [6.07, 6.45) is 8.33. The fourth-order valence-corrected chi connectivity index (χ4v) is 1.71. The molecule has 0 aliphatic carbocycles. The van der Waals surface area contributed by atoms with Crippen LogP contribution < -0.4 is 5.32 Å². The SMILES string of the molecule is CCCCC(C)CCCCNC(C)C. The van der Waals surface area contributed by atoms with Gasteiger partial charge >= 0.3 is 0 Å². The Morgan fingerprint density at radius 2 is 1.57 bits per heavy atom. The third kappa shape index (κ3) is 10.0. The van der Waals surface area contributed by atoms with Crippen molar-refractivity contribution >= 4 is 0 Å². The molecule has 0 spiro atoms. The normalized spacial score (nSPS) is 13.5. The van der Waals surface area contributed by atoms with Crippen LogP contribution in [0.2, 0.25) is 0 Å². The number of hydrogen-bond donors (Lipinski definition) is 1. The fraction of sp³-hybridized carbons (Fsp3) is 1.00. The first-order valence-electron chi connectivity index (χ1n) is 6.40. The van der Waals surface area contributed by atoms with Gasteiger partial charge in [-0.2, -0.15) is 0 Å². The van der Waals surface area contributed by atoms with Crippen molar-refractivity contribution in [2.45, 2.75) is 72.3 Å². The maximum absolute atomic E-state index is 3.46. The van der Waals surface area contributed by atoms with E-state index in [0.717, 1.165) is 5.92 Å². The highest BCUT2D eigenvalue weighted by atomic mass is 14.9. The zero-order valence-corrected chi connectivity index (χ0v) is 10.6. The van der Waals surface area contributed by atoms with E-state index in [0.29, 0.717) is 6.04 Å². The number of unbranched alkanes of at least 4 members (excludes halogenated alkanes) is 2. The Labute approximate surface area is 90.7 Å². The smallest absolute Gasteiger partial charge is 0.00103 e. The first kappa shape index (κ1) is 14.0. The molecule has 86 valence electrons. The van der Waals surface area contributed by atoms with Crippen molar-refractivity contribution in [2.75, 3.05) is 6.54 Å². The van der Waals surface area contributed by atoms with E-state index in [4.69, 9.17) is 0 Å². The molecule has 0 aromatic carbocycles. The van der Waals surface area contributed by atoms with Crippen molar-refractivity contribution in [3.8, 4) is 0 Å². The van der Waals surface area contributed by atoms with Gasteiger partial charge in [-0.25, -0.2) is 0 Å². The summed E-state index contributed by atoms with van der Waals surface area (Å²) >= 11 is 0. The monoisotopic (exact) mass is 199 g/mol. The highest BCUT2D eigenvalue weighted by Crippen LogP contribution is 2.14. The highest BCUT2D eigenvalue weighted by Gasteiger charge is 2.00. The van der Waals surface area contributed by atoms with Crippen LogP contribution in [0.15, 0.2) is 0 Å². The molecule has 0 heterocycles. The molecule has 0 bridgehead atoms. The second kappa shape index (κ2) is 9.51. The first-order valence-corrected chi connectivity index (χ1v) is 6.40. The summed E-state index contributed by atoms with van der Waals surface area (Å²) in [7, 11) is 0. The average Bonchev–Trinajstić information content (AvgIpc) is 2.13. The summed E-state index contributed by atoms with van der Waals surface area (Å²) in [5.74, 6) is 0.939. The second-order valence-corrected chi connectivity index (χ2v) is 4.85. The Bertz CT molecular complexity index is 110. The summed E-state index contributed by atoms with van der Waals surface area (Å²) in [5.41, 5.74) is 0. The Kier molecular flexibility index (Phi) is 9.49. The molecule has 0 rings (SSSR count). The molecule has 0 aliphatic rings. The largest absolute Gasteiger partial charge is 0.315 e. The van der Waals surface area contributed by atoms with Crippen molar-refractivity contribution in [3.05, 3.63) is 0 Å². The second-order valence-electron chi connectivity index (χ2n) is 4.85. The summed E-state index contributed by atoms with van der Waals surface area (Å²) in [6.45, 7) is 10.3. The van der Waals surface area contributed by atoms with Crippen LogP contribution in [0.1, 0.15) is 66.2 Å². The van der Waals surface area contributed by atoms with Gasteiger partial charge in [0.1, 0.15) is 0 Å². The maximum Gasteiger partial charge on any atom is 0.00103 e. The highest BCUT2D eigenvalue weighted by molar-refractivity contribution is 4.56. The Morgan fingerprint density at radius 3 is 2.14 bits per heavy atom. The van der Waals surface area contributed by atoms with E-state index in [1.54, 1.807) is 0 Å². The van der Waals surface area contributed by atoms with E-state index in [9.17, 15) is 0 Å². The number of rotatable bonds is 9. The van der Waals surface area contributed by atoms with Crippen molar-refractivity contribution in [1.29, 1.82) is 0 Å². The minimum absolute atomic E-state index is 0.646. The zero-order chi connectivity index (χ0) is 10.8. The van der Waals surface area contributed by atoms with Crippen molar-refractivity contribution in [1.82, 2.24) is 5.32 Å². The summed E-state index contributed by atoms with van der Waals surface area (Å²) in [4.78, 5) is 0. The van der Waals surface area contributed by atoms with Crippen molar-refractivity contribution < 1.29 is 0 Å². The molecule has 0 fully saturated rings. The Hall–Kier alpha value is -0.0400. The van der Waals surface area contributed by atoms with E-state index in [-0.39, 0.29) is 0 Å². The van der Waals surface area contributed by atoms with Crippen LogP contribution in [0.3, 0.4) is 0 Å². The van der Waals surface area contributed by atoms with Crippen LogP contribution in [0.25, 0.3) is 0 Å². The Balaban J connectivity index is 3.10. The molecule has 1 unspecified atom stereocenters. The topological polar surface area (TPSA) is 12.0 Å². The van der Waals surface area contributed by atoms with Gasteiger partial charge in [0.25, 0.3) is 0 Å². The molecule has 0 aliphatic heterocycles. The summed E-state index contributed by atoms with van der Waals surface area (Å²) in [6, 6.07) is 0.646. The molecule has 0 saturated heterocycles. The van der Waals surface area contributed by atoms with E-state index in [1.807, 2.05) is 0 Å². The van der Waals surface area contributed by atoms with Crippen LogP contribution in [0, 0.1) is 5.92 Å². The van der Waals surface area contributed by atoms with E-state index < -0.39 is 0 Å². The molecule has 0 aromatic heterocycles. The maximum atomic E-state index is 3.46. The summed E-state index contributed by atoms with van der Waals surface area (Å²) < 4.78 is 0. The molecule has 1 atom stereocenters. The van der Waals surface area contributed by atoms with Gasteiger partial charge in [-0.05, 0) is 18.9 Å². The quantitative estimate of drug-likeness (QED) is 0.554. The molecular weight excluding hydrogens is 170 g/mol. The minimum Gasteiger partial charge on any atom is -0.315 e. The van der Waals surface area contributed by atoms with E-state index >= 15 is 0 Å². The van der Waals surface area contributed by atoms with E-state index in [1.165, 1.54) is 45.1 Å². The molecular formula is C13H29N. The predicted octanol–water partition coefficient (Wildman–Crippen LogP) is 3.98. The molecule has 1 heteroatoms. The molecule has 0 amide bonds. The van der Waals surface area contributed by atoms with Gasteiger partial charge in [-0.1, -0.05) is 59.8 Å². The number of hydrogen-bond acceptors (Lipinski definition) is 1. The minimum atomic E-state index is 0.646. The lowest BCUT2D eigenvalue weighted by atomic mass is 9.98. The molecule has 0 saturated carbocycles. The standard InChI is InChI=1S/C13H29N/c1-5-6-9-13(4)10-7-8-11-14-12(2)3/h12-14H,5-11H2,1-4H3. The van der Waals surface area contributed by atoms with Gasteiger partial charge in [0, 0.05) is 6.04 Å². The van der Waals surface area contributed by atoms with Crippen LogP contribution in [0.4, 0.5) is 0 Å². The van der Waals surface area contributed by atoms with Gasteiger partial charge in [0.05, 0.1) is 0 Å². The molecule has 14 heavy (non-hydrogen) atoms. The lowest BCUT2D eigenvalue weighted by molar-refractivity contribution is 0.440. The molecule has 1 N–H and O–H groups in total. The van der Waals surface area contributed by atoms with Gasteiger partial charge < -0.3 is 5.32 Å². The van der Waals surface area contributed by atoms with Gasteiger partial charge in [-0.15, -0.1) is 0 Å². The Morgan fingerprint density at radius 1 is 0.929 bits per heavy atom. The van der Waals surface area contributed by atoms with Crippen molar-refractivity contribution in [2.24, 2.45) is 5.92 Å². The lowest BCUT2D eigenvalue weighted by Gasteiger charge is -2.11. The molecule has 1 nitrogen and oxygen atoms in total. The lowest BCUT2D eigenvalue weighted by Crippen LogP contribution is -2.23. The van der Waals surface area contributed by atoms with Gasteiger partial charge in [0.15, 0.2) is 0 Å². The van der Waals surface area contributed by atoms with Gasteiger partial charge in [-0.3, -0.25) is 0 Å². The molecule has 0 aromatic rings. The van der Waals surface area contributed by atoms with Crippen molar-refractivity contribution in [3.63, 3.8) is 0 Å².